The second-order valence-electron chi connectivity index (χ2n) is 6.86. The van der Waals surface area contributed by atoms with Crippen molar-refractivity contribution in [3.8, 4) is 11.4 Å². The third-order valence-corrected chi connectivity index (χ3v) is 7.72. The van der Waals surface area contributed by atoms with Crippen LogP contribution in [0.1, 0.15) is 22.2 Å². The highest BCUT2D eigenvalue weighted by Gasteiger charge is 2.34. The zero-order valence-corrected chi connectivity index (χ0v) is 19.4. The van der Waals surface area contributed by atoms with Crippen LogP contribution in [0.5, 0.6) is 5.75 Å². The van der Waals surface area contributed by atoms with Crippen LogP contribution in [0.2, 0.25) is 0 Å². The summed E-state index contributed by atoms with van der Waals surface area (Å²) >= 11 is 4.57. The molecule has 3 aromatic heterocycles. The molecule has 11 heteroatoms. The first kappa shape index (κ1) is 20.9. The Kier molecular flexibility index (Phi) is 6.02. The molecule has 0 saturated carbocycles. The number of ether oxygens (including phenoxy) is 1. The molecule has 1 atom stereocenters. The molecule has 0 bridgehead atoms. The average Bonchev–Trinajstić information content (AvgIpc) is 3.63. The molecule has 0 unspecified atom stereocenters. The summed E-state index contributed by atoms with van der Waals surface area (Å²) in [5.74, 6) is 0.850. The Balaban J connectivity index is 1.33. The van der Waals surface area contributed by atoms with Crippen molar-refractivity contribution < 1.29 is 9.53 Å². The fraction of sp³-hybridized carbons (Fsp3) is 0.190. The molecule has 1 amide bonds. The van der Waals surface area contributed by atoms with E-state index in [1.807, 2.05) is 53.2 Å². The highest BCUT2D eigenvalue weighted by atomic mass is 32.2. The molecule has 5 rings (SSSR count). The maximum absolute atomic E-state index is 13.2. The van der Waals surface area contributed by atoms with Gasteiger partial charge in [0, 0.05) is 11.3 Å². The van der Waals surface area contributed by atoms with Crippen LogP contribution in [0, 0.1) is 0 Å². The predicted molar refractivity (Wildman–Crippen MR) is 126 cm³/mol. The highest BCUT2D eigenvalue weighted by molar-refractivity contribution is 7.99. The van der Waals surface area contributed by atoms with Gasteiger partial charge >= 0.3 is 0 Å². The third-order valence-electron chi connectivity index (χ3n) is 4.93. The Morgan fingerprint density at radius 1 is 1.16 bits per heavy atom. The summed E-state index contributed by atoms with van der Waals surface area (Å²) in [6.07, 6.45) is 0.709. The van der Waals surface area contributed by atoms with Crippen LogP contribution in [-0.2, 0) is 4.79 Å². The number of hydrogen-bond acceptors (Lipinski definition) is 9. The van der Waals surface area contributed by atoms with Gasteiger partial charge in [-0.2, -0.15) is 9.78 Å². The van der Waals surface area contributed by atoms with E-state index in [0.29, 0.717) is 11.6 Å². The quantitative estimate of drug-likeness (QED) is 0.366. The van der Waals surface area contributed by atoms with E-state index in [0.717, 1.165) is 26.9 Å². The van der Waals surface area contributed by atoms with Gasteiger partial charge in [0.2, 0.25) is 5.16 Å². The van der Waals surface area contributed by atoms with E-state index in [1.54, 1.807) is 39.5 Å². The molecular weight excluding hydrogens is 464 g/mol. The maximum Gasteiger partial charge on any atom is 0.253 e. The topological polar surface area (TPSA) is 85.5 Å². The molecule has 0 radical (unpaired) electrons. The zero-order chi connectivity index (χ0) is 21.9. The number of benzene rings is 1. The van der Waals surface area contributed by atoms with E-state index < -0.39 is 0 Å². The van der Waals surface area contributed by atoms with E-state index in [1.165, 1.54) is 11.8 Å². The van der Waals surface area contributed by atoms with Gasteiger partial charge in [-0.25, -0.2) is 5.01 Å². The molecule has 1 aromatic carbocycles. The Labute approximate surface area is 196 Å². The molecule has 0 fully saturated rings. The van der Waals surface area contributed by atoms with E-state index in [2.05, 4.69) is 21.6 Å². The lowest BCUT2D eigenvalue weighted by Crippen LogP contribution is -2.28. The van der Waals surface area contributed by atoms with Gasteiger partial charge in [-0.1, -0.05) is 23.9 Å². The number of amides is 1. The summed E-state index contributed by atoms with van der Waals surface area (Å²) in [7, 11) is 1.62. The molecule has 1 aliphatic rings. The number of rotatable bonds is 7. The van der Waals surface area contributed by atoms with Gasteiger partial charge in [0.15, 0.2) is 0 Å². The predicted octanol–water partition coefficient (Wildman–Crippen LogP) is 4.26. The number of thioether (sulfide) groups is 1. The SMILES string of the molecule is COc1ccc(-n2nnnc2SCC(=O)N2N=C(c3cccs3)C[C@@H]2c2cccs2)cc1. The number of nitrogens with zero attached hydrogens (tertiary/aromatic N) is 6. The smallest absolute Gasteiger partial charge is 0.253 e. The molecule has 1 aliphatic heterocycles. The molecular formula is C21H18N6O2S3. The zero-order valence-electron chi connectivity index (χ0n) is 17.0. The minimum atomic E-state index is -0.0854. The van der Waals surface area contributed by atoms with Crippen LogP contribution >= 0.6 is 34.4 Å². The molecule has 4 heterocycles. The summed E-state index contributed by atoms with van der Waals surface area (Å²) in [4.78, 5) is 15.4. The summed E-state index contributed by atoms with van der Waals surface area (Å²) in [6.45, 7) is 0. The maximum atomic E-state index is 13.2. The normalized spacial score (nSPS) is 15.7. The number of thiophene rings is 2. The number of tetrazole rings is 1. The molecule has 0 saturated heterocycles. The van der Waals surface area contributed by atoms with Crippen LogP contribution in [0.25, 0.3) is 5.69 Å². The van der Waals surface area contributed by atoms with Crippen molar-refractivity contribution in [3.05, 3.63) is 69.0 Å². The monoisotopic (exact) mass is 482 g/mol. The Morgan fingerprint density at radius 3 is 2.69 bits per heavy atom. The van der Waals surface area contributed by atoms with Gasteiger partial charge in [-0.15, -0.1) is 27.8 Å². The van der Waals surface area contributed by atoms with Gasteiger partial charge in [0.05, 0.1) is 35.2 Å². The van der Waals surface area contributed by atoms with Gasteiger partial charge in [0.25, 0.3) is 5.91 Å². The fourth-order valence-electron chi connectivity index (χ4n) is 3.38. The average molecular weight is 483 g/mol. The summed E-state index contributed by atoms with van der Waals surface area (Å²) in [5.41, 5.74) is 1.74. The minimum absolute atomic E-state index is 0.0794. The number of methoxy groups -OCH3 is 1. The molecule has 8 nitrogen and oxygen atoms in total. The molecule has 32 heavy (non-hydrogen) atoms. The first-order valence-corrected chi connectivity index (χ1v) is 12.5. The lowest BCUT2D eigenvalue weighted by Gasteiger charge is -2.20. The standard InChI is InChI=1S/C21H18N6O2S3/c1-29-15-8-6-14(7-9-15)26-21(22-24-25-26)32-13-20(28)27-17(19-5-3-11-31-19)12-16(23-27)18-4-2-10-30-18/h2-11,17H,12-13H2,1H3/t17-/m1/s1. The number of aromatic nitrogens is 4. The van der Waals surface area contributed by atoms with E-state index in [-0.39, 0.29) is 17.7 Å². The van der Waals surface area contributed by atoms with Crippen molar-refractivity contribution in [1.29, 1.82) is 0 Å². The minimum Gasteiger partial charge on any atom is -0.497 e. The summed E-state index contributed by atoms with van der Waals surface area (Å²) in [6, 6.07) is 15.4. The van der Waals surface area contributed by atoms with E-state index in [9.17, 15) is 4.79 Å². The van der Waals surface area contributed by atoms with Crippen molar-refractivity contribution in [2.24, 2.45) is 5.10 Å². The number of carbonyl (C=O) groups is 1. The highest BCUT2D eigenvalue weighted by Crippen LogP contribution is 2.36. The van der Waals surface area contributed by atoms with E-state index in [4.69, 9.17) is 9.84 Å². The Hall–Kier alpha value is -3.02. The van der Waals surface area contributed by atoms with Gasteiger partial charge < -0.3 is 4.74 Å². The number of carbonyl (C=O) groups excluding carboxylic acids is 1. The lowest BCUT2D eigenvalue weighted by molar-refractivity contribution is -0.130. The van der Waals surface area contributed by atoms with Crippen LogP contribution in [0.3, 0.4) is 0 Å². The molecule has 0 aliphatic carbocycles. The van der Waals surface area contributed by atoms with Crippen molar-refractivity contribution in [2.45, 2.75) is 17.6 Å². The van der Waals surface area contributed by atoms with Crippen LogP contribution < -0.4 is 4.74 Å². The first-order chi connectivity index (χ1) is 15.7. The van der Waals surface area contributed by atoms with Gasteiger partial charge in [0.1, 0.15) is 5.75 Å². The largest absolute Gasteiger partial charge is 0.497 e. The molecule has 4 aromatic rings. The van der Waals surface area contributed by atoms with E-state index >= 15 is 0 Å². The van der Waals surface area contributed by atoms with Gasteiger partial charge in [-0.3, -0.25) is 4.79 Å². The number of hydrazone groups is 1. The third kappa shape index (κ3) is 4.18. The van der Waals surface area contributed by atoms with Crippen LogP contribution in [0.4, 0.5) is 0 Å². The van der Waals surface area contributed by atoms with Crippen molar-refractivity contribution in [1.82, 2.24) is 25.2 Å². The van der Waals surface area contributed by atoms with Crippen LogP contribution in [0.15, 0.2) is 69.5 Å². The molecule has 162 valence electrons. The second kappa shape index (κ2) is 9.23. The number of hydrogen-bond donors (Lipinski definition) is 0. The Morgan fingerprint density at radius 2 is 1.97 bits per heavy atom. The second-order valence-corrected chi connectivity index (χ2v) is 9.73. The summed E-state index contributed by atoms with van der Waals surface area (Å²) < 4.78 is 6.81. The molecule has 0 spiro atoms. The van der Waals surface area contributed by atoms with Crippen molar-refractivity contribution >= 4 is 46.1 Å². The lowest BCUT2D eigenvalue weighted by atomic mass is 10.1. The van der Waals surface area contributed by atoms with Crippen LogP contribution in [-0.4, -0.2) is 49.7 Å². The Bertz CT molecular complexity index is 1220. The van der Waals surface area contributed by atoms with Crippen molar-refractivity contribution in [2.75, 3.05) is 12.9 Å². The summed E-state index contributed by atoms with van der Waals surface area (Å²) in [5, 5.41) is 22.8. The van der Waals surface area contributed by atoms with Crippen molar-refractivity contribution in [3.63, 3.8) is 0 Å². The van der Waals surface area contributed by atoms with Gasteiger partial charge in [-0.05, 0) is 57.6 Å². The molecule has 0 N–H and O–H groups in total. The first-order valence-electron chi connectivity index (χ1n) is 9.75. The fourth-order valence-corrected chi connectivity index (χ4v) is 5.66.